The molecule has 24 heavy (non-hydrogen) atoms. The van der Waals surface area contributed by atoms with Gasteiger partial charge in [-0.05, 0) is 54.7 Å². The quantitative estimate of drug-likeness (QED) is 0.547. The number of hydrogen-bond acceptors (Lipinski definition) is 4. The molecule has 3 N–H and O–H groups in total. The SMILES string of the molecule is CC(C)CCc1c(O)ccc(C(=O)C=Cc2ccc(O)cc2)c1O. The molecule has 0 fully saturated rings. The number of rotatable bonds is 6. The Labute approximate surface area is 141 Å². The van der Waals surface area contributed by atoms with Gasteiger partial charge in [0, 0.05) is 5.56 Å². The zero-order valence-electron chi connectivity index (χ0n) is 13.9. The smallest absolute Gasteiger partial charge is 0.189 e. The first kappa shape index (κ1) is 17.6. The van der Waals surface area contributed by atoms with Crippen molar-refractivity contribution in [3.8, 4) is 17.2 Å². The Balaban J connectivity index is 2.22. The van der Waals surface area contributed by atoms with Crippen LogP contribution in [0.15, 0.2) is 42.5 Å². The van der Waals surface area contributed by atoms with Crippen LogP contribution in [0.2, 0.25) is 0 Å². The normalized spacial score (nSPS) is 11.3. The Morgan fingerprint density at radius 3 is 2.33 bits per heavy atom. The van der Waals surface area contributed by atoms with Crippen molar-refractivity contribution in [1.29, 1.82) is 0 Å². The van der Waals surface area contributed by atoms with E-state index in [4.69, 9.17) is 0 Å². The van der Waals surface area contributed by atoms with Crippen LogP contribution in [0.5, 0.6) is 17.2 Å². The fourth-order valence-electron chi connectivity index (χ4n) is 2.35. The maximum absolute atomic E-state index is 12.3. The molecular formula is C20H22O4. The van der Waals surface area contributed by atoms with Crippen LogP contribution in [0.25, 0.3) is 6.08 Å². The predicted octanol–water partition coefficient (Wildman–Crippen LogP) is 4.29. The molecule has 0 aliphatic rings. The fourth-order valence-corrected chi connectivity index (χ4v) is 2.35. The van der Waals surface area contributed by atoms with E-state index in [0.717, 1.165) is 12.0 Å². The Kier molecular flexibility index (Phi) is 5.64. The second kappa shape index (κ2) is 7.68. The highest BCUT2D eigenvalue weighted by Crippen LogP contribution is 2.33. The minimum Gasteiger partial charge on any atom is -0.508 e. The lowest BCUT2D eigenvalue weighted by atomic mass is 9.97. The first-order valence-electron chi connectivity index (χ1n) is 7.93. The zero-order chi connectivity index (χ0) is 17.7. The van der Waals surface area contributed by atoms with Crippen LogP contribution in [-0.2, 0) is 6.42 Å². The van der Waals surface area contributed by atoms with Gasteiger partial charge in [0.2, 0.25) is 0 Å². The van der Waals surface area contributed by atoms with Crippen LogP contribution < -0.4 is 0 Å². The maximum atomic E-state index is 12.3. The van der Waals surface area contributed by atoms with Gasteiger partial charge in [0.15, 0.2) is 5.78 Å². The lowest BCUT2D eigenvalue weighted by Gasteiger charge is -2.11. The number of carbonyl (C=O) groups is 1. The molecule has 4 heteroatoms. The van der Waals surface area contributed by atoms with E-state index in [-0.39, 0.29) is 28.6 Å². The third kappa shape index (κ3) is 4.38. The Morgan fingerprint density at radius 1 is 1.04 bits per heavy atom. The summed E-state index contributed by atoms with van der Waals surface area (Å²) >= 11 is 0. The molecule has 0 amide bonds. The summed E-state index contributed by atoms with van der Waals surface area (Å²) in [4.78, 5) is 12.3. The average Bonchev–Trinajstić information content (AvgIpc) is 2.53. The van der Waals surface area contributed by atoms with Gasteiger partial charge in [-0.3, -0.25) is 4.79 Å². The van der Waals surface area contributed by atoms with Crippen molar-refractivity contribution in [2.75, 3.05) is 0 Å². The fraction of sp³-hybridized carbons (Fsp3) is 0.250. The Morgan fingerprint density at radius 2 is 1.71 bits per heavy atom. The van der Waals surface area contributed by atoms with Gasteiger partial charge in [-0.1, -0.05) is 32.1 Å². The largest absolute Gasteiger partial charge is 0.508 e. The average molecular weight is 326 g/mol. The molecule has 0 bridgehead atoms. The number of allylic oxidation sites excluding steroid dienone is 1. The van der Waals surface area contributed by atoms with Crippen molar-refractivity contribution in [2.45, 2.75) is 26.7 Å². The summed E-state index contributed by atoms with van der Waals surface area (Å²) < 4.78 is 0. The molecule has 0 saturated heterocycles. The van der Waals surface area contributed by atoms with E-state index in [1.807, 2.05) is 0 Å². The molecule has 0 heterocycles. The molecule has 0 aliphatic carbocycles. The van der Waals surface area contributed by atoms with Crippen molar-refractivity contribution < 1.29 is 20.1 Å². The van der Waals surface area contributed by atoms with Gasteiger partial charge in [-0.2, -0.15) is 0 Å². The first-order valence-corrected chi connectivity index (χ1v) is 7.93. The Bertz CT molecular complexity index is 743. The highest BCUT2D eigenvalue weighted by Gasteiger charge is 2.16. The Hall–Kier alpha value is -2.75. The molecule has 2 aromatic carbocycles. The van der Waals surface area contributed by atoms with Crippen molar-refractivity contribution in [1.82, 2.24) is 0 Å². The molecule has 126 valence electrons. The number of ketones is 1. The van der Waals surface area contributed by atoms with Crippen LogP contribution in [0.1, 0.15) is 41.8 Å². The van der Waals surface area contributed by atoms with Gasteiger partial charge in [0.05, 0.1) is 5.56 Å². The van der Waals surface area contributed by atoms with Crippen LogP contribution in [-0.4, -0.2) is 21.1 Å². The first-order chi connectivity index (χ1) is 11.4. The van der Waals surface area contributed by atoms with Gasteiger partial charge < -0.3 is 15.3 Å². The molecule has 0 spiro atoms. The van der Waals surface area contributed by atoms with E-state index < -0.39 is 0 Å². The van der Waals surface area contributed by atoms with E-state index in [2.05, 4.69) is 13.8 Å². The lowest BCUT2D eigenvalue weighted by Crippen LogP contribution is -2.00. The van der Waals surface area contributed by atoms with E-state index in [1.54, 1.807) is 18.2 Å². The number of benzene rings is 2. The summed E-state index contributed by atoms with van der Waals surface area (Å²) in [5.41, 5.74) is 1.34. The third-order valence-corrected chi connectivity index (χ3v) is 3.82. The van der Waals surface area contributed by atoms with E-state index in [9.17, 15) is 20.1 Å². The van der Waals surface area contributed by atoms with Crippen molar-refractivity contribution >= 4 is 11.9 Å². The summed E-state index contributed by atoms with van der Waals surface area (Å²) in [6.45, 7) is 4.12. The summed E-state index contributed by atoms with van der Waals surface area (Å²) in [6, 6.07) is 9.30. The van der Waals surface area contributed by atoms with Gasteiger partial charge in [0.25, 0.3) is 0 Å². The van der Waals surface area contributed by atoms with E-state index in [1.165, 1.54) is 30.3 Å². The lowest BCUT2D eigenvalue weighted by molar-refractivity contribution is 0.104. The zero-order valence-corrected chi connectivity index (χ0v) is 13.9. The second-order valence-electron chi connectivity index (χ2n) is 6.18. The summed E-state index contributed by atoms with van der Waals surface area (Å²) in [7, 11) is 0. The van der Waals surface area contributed by atoms with E-state index in [0.29, 0.717) is 17.9 Å². The summed E-state index contributed by atoms with van der Waals surface area (Å²) in [5, 5.41) is 29.5. The minimum absolute atomic E-state index is 0.00668. The van der Waals surface area contributed by atoms with Gasteiger partial charge in [-0.15, -0.1) is 0 Å². The molecule has 0 unspecified atom stereocenters. The van der Waals surface area contributed by atoms with Gasteiger partial charge in [-0.25, -0.2) is 0 Å². The maximum Gasteiger partial charge on any atom is 0.189 e. The number of carbonyl (C=O) groups excluding carboxylic acids is 1. The van der Waals surface area contributed by atoms with Crippen LogP contribution in [0.4, 0.5) is 0 Å². The third-order valence-electron chi connectivity index (χ3n) is 3.82. The highest BCUT2D eigenvalue weighted by molar-refractivity contribution is 6.09. The topological polar surface area (TPSA) is 77.8 Å². The number of phenols is 3. The van der Waals surface area contributed by atoms with Crippen molar-refractivity contribution in [3.05, 3.63) is 59.2 Å². The molecule has 0 saturated carbocycles. The summed E-state index contributed by atoms with van der Waals surface area (Å²) in [5.74, 6) is 0.0941. The monoisotopic (exact) mass is 326 g/mol. The van der Waals surface area contributed by atoms with Crippen molar-refractivity contribution in [3.63, 3.8) is 0 Å². The van der Waals surface area contributed by atoms with Gasteiger partial charge in [0.1, 0.15) is 17.2 Å². The summed E-state index contributed by atoms with van der Waals surface area (Å²) in [6.07, 6.45) is 4.30. The minimum atomic E-state index is -0.341. The predicted molar refractivity (Wildman–Crippen MR) is 94.4 cm³/mol. The van der Waals surface area contributed by atoms with Crippen LogP contribution in [0, 0.1) is 5.92 Å². The molecule has 0 aromatic heterocycles. The number of aromatic hydroxyl groups is 3. The molecule has 4 nitrogen and oxygen atoms in total. The molecule has 0 aliphatic heterocycles. The van der Waals surface area contributed by atoms with Gasteiger partial charge >= 0.3 is 0 Å². The molecule has 2 rings (SSSR count). The van der Waals surface area contributed by atoms with E-state index >= 15 is 0 Å². The highest BCUT2D eigenvalue weighted by atomic mass is 16.3. The molecule has 2 aromatic rings. The molecular weight excluding hydrogens is 304 g/mol. The molecule has 0 atom stereocenters. The van der Waals surface area contributed by atoms with Crippen molar-refractivity contribution in [2.24, 2.45) is 5.92 Å². The van der Waals surface area contributed by atoms with Crippen LogP contribution >= 0.6 is 0 Å². The molecule has 0 radical (unpaired) electrons. The second-order valence-corrected chi connectivity index (χ2v) is 6.18. The number of phenolic OH excluding ortho intramolecular Hbond substituents is 3. The standard InChI is InChI=1S/C20H22O4/c1-13(2)3-9-16-19(23)12-10-17(20(16)24)18(22)11-6-14-4-7-15(21)8-5-14/h4-8,10-13,21,23-24H,3,9H2,1-2H3. The number of hydrogen-bond donors (Lipinski definition) is 3. The van der Waals surface area contributed by atoms with Crippen LogP contribution in [0.3, 0.4) is 0 Å².